The number of hydrogen-bond acceptors (Lipinski definition) is 2. The van der Waals surface area contributed by atoms with Gasteiger partial charge in [-0.2, -0.15) is 0 Å². The zero-order valence-corrected chi connectivity index (χ0v) is 11.6. The Hall–Kier alpha value is -1.35. The van der Waals surface area contributed by atoms with Crippen LogP contribution in [0.15, 0.2) is 30.3 Å². The molecule has 0 bridgehead atoms. The minimum Gasteiger partial charge on any atom is -0.355 e. The minimum atomic E-state index is -0.502. The van der Waals surface area contributed by atoms with Gasteiger partial charge in [-0.05, 0) is 32.3 Å². The Balaban J connectivity index is 2.55. The summed E-state index contributed by atoms with van der Waals surface area (Å²) in [5, 5.41) is 2.97. The third kappa shape index (κ3) is 3.84. The number of nitrogens with two attached hydrogens (primary N) is 1. The molecule has 0 aromatic heterocycles. The normalized spacial score (nSPS) is 13.1. The first-order chi connectivity index (χ1) is 8.48. The molecule has 0 saturated heterocycles. The van der Waals surface area contributed by atoms with Gasteiger partial charge in [-0.1, -0.05) is 37.3 Å². The van der Waals surface area contributed by atoms with Crippen LogP contribution in [0.3, 0.4) is 0 Å². The lowest BCUT2D eigenvalue weighted by molar-refractivity contribution is -0.125. The lowest BCUT2D eigenvalue weighted by atomic mass is 9.84. The van der Waals surface area contributed by atoms with Crippen molar-refractivity contribution in [2.45, 2.75) is 45.1 Å². The zero-order chi connectivity index (χ0) is 13.6. The smallest absolute Gasteiger partial charge is 0.230 e. The number of benzene rings is 1. The predicted octanol–water partition coefficient (Wildman–Crippen LogP) is 2.21. The molecule has 0 aliphatic rings. The highest BCUT2D eigenvalue weighted by atomic mass is 16.2. The highest BCUT2D eigenvalue weighted by Crippen LogP contribution is 2.22. The molecule has 0 aliphatic carbocycles. The summed E-state index contributed by atoms with van der Waals surface area (Å²) in [5.41, 5.74) is 6.36. The SMILES string of the molecule is CCC(N)CCNC(=O)C(C)(C)c1ccccc1. The van der Waals surface area contributed by atoms with Gasteiger partial charge in [0, 0.05) is 12.6 Å². The summed E-state index contributed by atoms with van der Waals surface area (Å²) in [5.74, 6) is 0.0528. The van der Waals surface area contributed by atoms with E-state index in [1.54, 1.807) is 0 Å². The first-order valence-electron chi connectivity index (χ1n) is 6.58. The summed E-state index contributed by atoms with van der Waals surface area (Å²) in [6, 6.07) is 10.0. The number of nitrogens with one attached hydrogen (secondary N) is 1. The summed E-state index contributed by atoms with van der Waals surface area (Å²) < 4.78 is 0. The molecule has 0 radical (unpaired) electrons. The number of carbonyl (C=O) groups is 1. The highest BCUT2D eigenvalue weighted by molar-refractivity contribution is 5.87. The number of amides is 1. The van der Waals surface area contributed by atoms with Crippen molar-refractivity contribution in [2.24, 2.45) is 5.73 Å². The van der Waals surface area contributed by atoms with Gasteiger partial charge in [0.05, 0.1) is 5.41 Å². The second kappa shape index (κ2) is 6.55. The van der Waals surface area contributed by atoms with E-state index in [0.29, 0.717) is 6.54 Å². The molecule has 3 heteroatoms. The molecule has 18 heavy (non-hydrogen) atoms. The van der Waals surface area contributed by atoms with Gasteiger partial charge in [0.2, 0.25) is 5.91 Å². The van der Waals surface area contributed by atoms with E-state index in [1.807, 2.05) is 44.2 Å². The first-order valence-corrected chi connectivity index (χ1v) is 6.58. The molecule has 0 fully saturated rings. The Bertz CT molecular complexity index is 373. The van der Waals surface area contributed by atoms with Crippen molar-refractivity contribution >= 4 is 5.91 Å². The zero-order valence-electron chi connectivity index (χ0n) is 11.6. The van der Waals surface area contributed by atoms with E-state index in [-0.39, 0.29) is 11.9 Å². The van der Waals surface area contributed by atoms with Gasteiger partial charge in [0.15, 0.2) is 0 Å². The summed E-state index contributed by atoms with van der Waals surface area (Å²) in [6.45, 7) is 6.58. The summed E-state index contributed by atoms with van der Waals surface area (Å²) in [4.78, 5) is 12.2. The van der Waals surface area contributed by atoms with Crippen LogP contribution in [0, 0.1) is 0 Å². The summed E-state index contributed by atoms with van der Waals surface area (Å²) in [7, 11) is 0. The topological polar surface area (TPSA) is 55.1 Å². The van der Waals surface area contributed by atoms with Crippen LogP contribution in [0.1, 0.15) is 39.2 Å². The standard InChI is InChI=1S/C15H24N2O/c1-4-13(16)10-11-17-14(18)15(2,3)12-8-6-5-7-9-12/h5-9,13H,4,10-11,16H2,1-3H3,(H,17,18). The van der Waals surface area contributed by atoms with Crippen LogP contribution in [0.5, 0.6) is 0 Å². The third-order valence-corrected chi connectivity index (χ3v) is 3.39. The molecule has 1 amide bonds. The number of carbonyl (C=O) groups excluding carboxylic acids is 1. The molecule has 3 N–H and O–H groups in total. The van der Waals surface area contributed by atoms with Gasteiger partial charge >= 0.3 is 0 Å². The predicted molar refractivity (Wildman–Crippen MR) is 75.4 cm³/mol. The number of rotatable bonds is 6. The van der Waals surface area contributed by atoms with Crippen molar-refractivity contribution in [1.82, 2.24) is 5.32 Å². The molecular formula is C15H24N2O. The molecule has 1 atom stereocenters. The van der Waals surface area contributed by atoms with Gasteiger partial charge < -0.3 is 11.1 Å². The second-order valence-corrected chi connectivity index (χ2v) is 5.20. The summed E-state index contributed by atoms with van der Waals surface area (Å²) in [6.07, 6.45) is 1.77. The molecule has 1 aromatic rings. The molecule has 0 heterocycles. The van der Waals surface area contributed by atoms with Gasteiger partial charge in [0.25, 0.3) is 0 Å². The maximum Gasteiger partial charge on any atom is 0.230 e. The lowest BCUT2D eigenvalue weighted by Crippen LogP contribution is -2.41. The average molecular weight is 248 g/mol. The van der Waals surface area contributed by atoms with E-state index >= 15 is 0 Å². The van der Waals surface area contributed by atoms with Gasteiger partial charge in [-0.25, -0.2) is 0 Å². The van der Waals surface area contributed by atoms with Crippen LogP contribution in [-0.2, 0) is 10.2 Å². The van der Waals surface area contributed by atoms with Gasteiger partial charge in [-0.3, -0.25) is 4.79 Å². The van der Waals surface area contributed by atoms with Gasteiger partial charge in [-0.15, -0.1) is 0 Å². The highest BCUT2D eigenvalue weighted by Gasteiger charge is 2.29. The van der Waals surface area contributed by atoms with E-state index < -0.39 is 5.41 Å². The fourth-order valence-corrected chi connectivity index (χ4v) is 1.78. The molecule has 1 unspecified atom stereocenters. The van der Waals surface area contributed by atoms with Crippen molar-refractivity contribution in [3.8, 4) is 0 Å². The second-order valence-electron chi connectivity index (χ2n) is 5.20. The van der Waals surface area contributed by atoms with Crippen LogP contribution < -0.4 is 11.1 Å². The molecule has 3 nitrogen and oxygen atoms in total. The van der Waals surface area contributed by atoms with Crippen LogP contribution in [0.2, 0.25) is 0 Å². The van der Waals surface area contributed by atoms with Crippen molar-refractivity contribution in [3.63, 3.8) is 0 Å². The quantitative estimate of drug-likeness (QED) is 0.811. The van der Waals surface area contributed by atoms with Crippen molar-refractivity contribution in [2.75, 3.05) is 6.54 Å². The Morgan fingerprint density at radius 2 is 1.94 bits per heavy atom. The molecule has 100 valence electrons. The molecule has 1 rings (SSSR count). The fraction of sp³-hybridized carbons (Fsp3) is 0.533. The number of hydrogen-bond donors (Lipinski definition) is 2. The molecule has 0 aliphatic heterocycles. The monoisotopic (exact) mass is 248 g/mol. The van der Waals surface area contributed by atoms with Crippen molar-refractivity contribution < 1.29 is 4.79 Å². The molecule has 0 spiro atoms. The Kier molecular flexibility index (Phi) is 5.35. The minimum absolute atomic E-state index is 0.0528. The molecule has 1 aromatic carbocycles. The van der Waals surface area contributed by atoms with E-state index in [2.05, 4.69) is 12.2 Å². The largest absolute Gasteiger partial charge is 0.355 e. The average Bonchev–Trinajstić information content (AvgIpc) is 2.39. The van der Waals surface area contributed by atoms with E-state index in [0.717, 1.165) is 18.4 Å². The Morgan fingerprint density at radius 3 is 2.50 bits per heavy atom. The first kappa shape index (κ1) is 14.7. The fourth-order valence-electron chi connectivity index (χ4n) is 1.78. The van der Waals surface area contributed by atoms with Crippen LogP contribution in [0.4, 0.5) is 0 Å². The van der Waals surface area contributed by atoms with Crippen LogP contribution >= 0.6 is 0 Å². The van der Waals surface area contributed by atoms with E-state index in [9.17, 15) is 4.79 Å². The van der Waals surface area contributed by atoms with E-state index in [1.165, 1.54) is 0 Å². The van der Waals surface area contributed by atoms with Crippen LogP contribution in [0.25, 0.3) is 0 Å². The third-order valence-electron chi connectivity index (χ3n) is 3.39. The van der Waals surface area contributed by atoms with Crippen LogP contribution in [-0.4, -0.2) is 18.5 Å². The van der Waals surface area contributed by atoms with Crippen molar-refractivity contribution in [1.29, 1.82) is 0 Å². The van der Waals surface area contributed by atoms with E-state index in [4.69, 9.17) is 5.73 Å². The van der Waals surface area contributed by atoms with Crippen molar-refractivity contribution in [3.05, 3.63) is 35.9 Å². The lowest BCUT2D eigenvalue weighted by Gasteiger charge is -2.24. The Morgan fingerprint density at radius 1 is 1.33 bits per heavy atom. The Labute approximate surface area is 110 Å². The maximum atomic E-state index is 12.2. The maximum absolute atomic E-state index is 12.2. The molecule has 0 saturated carbocycles. The van der Waals surface area contributed by atoms with Gasteiger partial charge in [0.1, 0.15) is 0 Å². The molecular weight excluding hydrogens is 224 g/mol. The summed E-state index contributed by atoms with van der Waals surface area (Å²) >= 11 is 0.